The summed E-state index contributed by atoms with van der Waals surface area (Å²) in [6, 6.07) is 5.34. The van der Waals surface area contributed by atoms with Crippen LogP contribution in [0, 0.1) is 5.41 Å². The molecule has 5 nitrogen and oxygen atoms in total. The number of alkyl halides is 3. The zero-order chi connectivity index (χ0) is 16.7. The molecule has 8 heteroatoms. The van der Waals surface area contributed by atoms with Gasteiger partial charge in [-0.2, -0.15) is 18.3 Å². The third-order valence-electron chi connectivity index (χ3n) is 4.25. The van der Waals surface area contributed by atoms with Gasteiger partial charge < -0.3 is 4.90 Å². The van der Waals surface area contributed by atoms with Crippen LogP contribution in [0.25, 0.3) is 0 Å². The molecule has 3 heterocycles. The highest BCUT2D eigenvalue weighted by atomic mass is 19.4. The molecule has 1 atom stereocenters. The lowest BCUT2D eigenvalue weighted by molar-refractivity contribution is -0.163. The summed E-state index contributed by atoms with van der Waals surface area (Å²) in [6.07, 6.45) is -2.10. The molecule has 124 valence electrons. The van der Waals surface area contributed by atoms with Crippen molar-refractivity contribution in [1.82, 2.24) is 14.9 Å². The van der Waals surface area contributed by atoms with Crippen LogP contribution in [0.5, 0.6) is 0 Å². The average Bonchev–Trinajstić information content (AvgIpc) is 2.71. The summed E-state index contributed by atoms with van der Waals surface area (Å²) in [4.78, 5) is 18.9. The first-order chi connectivity index (χ1) is 10.8. The Labute approximate surface area is 131 Å². The number of pyridine rings is 1. The fourth-order valence-corrected chi connectivity index (χ4v) is 3.26. The molecule has 1 unspecified atom stereocenters. The molecule has 23 heavy (non-hydrogen) atoms. The molecule has 1 aromatic heterocycles. The minimum Gasteiger partial charge on any atom is -0.305 e. The molecular formula is C15H17F3N4O. The maximum absolute atomic E-state index is 12.7. The van der Waals surface area contributed by atoms with Gasteiger partial charge in [0.25, 0.3) is 5.91 Å². The van der Waals surface area contributed by atoms with Crippen molar-refractivity contribution in [2.75, 3.05) is 26.7 Å². The Morgan fingerprint density at radius 3 is 2.78 bits per heavy atom. The van der Waals surface area contributed by atoms with Crippen LogP contribution >= 0.6 is 0 Å². The smallest absolute Gasteiger partial charge is 0.305 e. The number of nitrogens with zero attached hydrogens (tertiary/aromatic N) is 4. The van der Waals surface area contributed by atoms with Crippen molar-refractivity contribution in [1.29, 1.82) is 0 Å². The van der Waals surface area contributed by atoms with Gasteiger partial charge in [0.05, 0.1) is 5.71 Å². The molecule has 2 aliphatic heterocycles. The molecule has 1 amide bonds. The van der Waals surface area contributed by atoms with Crippen molar-refractivity contribution < 1.29 is 18.0 Å². The molecule has 0 saturated carbocycles. The van der Waals surface area contributed by atoms with Gasteiger partial charge in [0, 0.05) is 37.8 Å². The Morgan fingerprint density at radius 1 is 1.35 bits per heavy atom. The first kappa shape index (κ1) is 15.9. The molecule has 0 bridgehead atoms. The van der Waals surface area contributed by atoms with Gasteiger partial charge in [-0.25, -0.2) is 5.01 Å². The predicted octanol–water partition coefficient (Wildman–Crippen LogP) is 1.71. The molecule has 0 aliphatic carbocycles. The normalized spacial score (nSPS) is 25.5. The van der Waals surface area contributed by atoms with Crippen LogP contribution in [0.4, 0.5) is 13.2 Å². The van der Waals surface area contributed by atoms with Crippen LogP contribution in [0.1, 0.15) is 12.1 Å². The number of likely N-dealkylation sites (tertiary alicyclic amines) is 1. The standard InChI is InChI=1S/C15H17F3N4O/c1-21-7-5-12-14(9-21,8-11-4-2-3-6-19-11)13(23)22(20-12)10-15(16,17)18/h2-4,6H,5,7-10H2,1H3. The van der Waals surface area contributed by atoms with Crippen LogP contribution in [-0.2, 0) is 11.2 Å². The van der Waals surface area contributed by atoms with E-state index in [2.05, 4.69) is 10.1 Å². The van der Waals surface area contributed by atoms with E-state index in [0.29, 0.717) is 35.9 Å². The van der Waals surface area contributed by atoms with Crippen LogP contribution in [0.15, 0.2) is 29.5 Å². The van der Waals surface area contributed by atoms with E-state index in [1.807, 2.05) is 11.9 Å². The number of hydrazone groups is 1. The summed E-state index contributed by atoms with van der Waals surface area (Å²) >= 11 is 0. The topological polar surface area (TPSA) is 48.8 Å². The van der Waals surface area contributed by atoms with Crippen molar-refractivity contribution >= 4 is 11.6 Å². The Kier molecular flexibility index (Phi) is 3.87. The molecule has 1 saturated heterocycles. The highest BCUT2D eigenvalue weighted by Gasteiger charge is 2.54. The first-order valence-electron chi connectivity index (χ1n) is 7.35. The van der Waals surface area contributed by atoms with E-state index in [4.69, 9.17) is 0 Å². The van der Waals surface area contributed by atoms with Gasteiger partial charge in [0.2, 0.25) is 0 Å². The van der Waals surface area contributed by atoms with E-state index in [1.54, 1.807) is 24.4 Å². The van der Waals surface area contributed by atoms with Gasteiger partial charge in [-0.3, -0.25) is 9.78 Å². The Hall–Kier alpha value is -1.96. The lowest BCUT2D eigenvalue weighted by Gasteiger charge is -2.37. The summed E-state index contributed by atoms with van der Waals surface area (Å²) < 4.78 is 38.1. The molecule has 1 aromatic rings. The SMILES string of the molecule is CN1CCC2=NN(CC(F)(F)F)C(=O)C2(Cc2ccccn2)C1. The third kappa shape index (κ3) is 3.08. The van der Waals surface area contributed by atoms with Gasteiger partial charge >= 0.3 is 6.18 Å². The number of halogens is 3. The number of piperidine rings is 1. The van der Waals surface area contributed by atoms with Crippen LogP contribution in [0.2, 0.25) is 0 Å². The van der Waals surface area contributed by atoms with E-state index in [9.17, 15) is 18.0 Å². The minimum atomic E-state index is -4.47. The number of carbonyl (C=O) groups is 1. The molecule has 0 radical (unpaired) electrons. The zero-order valence-electron chi connectivity index (χ0n) is 12.7. The fraction of sp³-hybridized carbons (Fsp3) is 0.533. The van der Waals surface area contributed by atoms with Gasteiger partial charge in [-0.05, 0) is 19.2 Å². The summed E-state index contributed by atoms with van der Waals surface area (Å²) in [6.45, 7) is -0.311. The molecule has 2 aliphatic rings. The van der Waals surface area contributed by atoms with Crippen molar-refractivity contribution in [3.63, 3.8) is 0 Å². The maximum Gasteiger partial charge on any atom is 0.408 e. The number of amides is 1. The first-order valence-corrected chi connectivity index (χ1v) is 7.35. The lowest BCUT2D eigenvalue weighted by atomic mass is 9.74. The highest BCUT2D eigenvalue weighted by molar-refractivity contribution is 6.13. The Bertz CT molecular complexity index is 631. The molecule has 0 N–H and O–H groups in total. The number of rotatable bonds is 3. The van der Waals surface area contributed by atoms with E-state index >= 15 is 0 Å². The summed E-state index contributed by atoms with van der Waals surface area (Å²) in [7, 11) is 1.86. The summed E-state index contributed by atoms with van der Waals surface area (Å²) in [5.41, 5.74) is 0.181. The fourth-order valence-electron chi connectivity index (χ4n) is 3.26. The van der Waals surface area contributed by atoms with E-state index in [-0.39, 0.29) is 6.42 Å². The minimum absolute atomic E-state index is 0.268. The van der Waals surface area contributed by atoms with Gasteiger partial charge in [0.15, 0.2) is 0 Å². The van der Waals surface area contributed by atoms with Crippen molar-refractivity contribution in [3.8, 4) is 0 Å². The number of fused-ring (bicyclic) bond motifs is 1. The van der Waals surface area contributed by atoms with E-state index in [1.165, 1.54) is 0 Å². The lowest BCUT2D eigenvalue weighted by Crippen LogP contribution is -2.53. The van der Waals surface area contributed by atoms with Crippen molar-refractivity contribution in [3.05, 3.63) is 30.1 Å². The third-order valence-corrected chi connectivity index (χ3v) is 4.25. The predicted molar refractivity (Wildman–Crippen MR) is 77.7 cm³/mol. The van der Waals surface area contributed by atoms with E-state index in [0.717, 1.165) is 0 Å². The monoisotopic (exact) mass is 326 g/mol. The molecule has 1 fully saturated rings. The molecule has 0 spiro atoms. The maximum atomic E-state index is 12.7. The van der Waals surface area contributed by atoms with Crippen molar-refractivity contribution in [2.24, 2.45) is 10.5 Å². The van der Waals surface area contributed by atoms with Gasteiger partial charge in [0.1, 0.15) is 12.0 Å². The summed E-state index contributed by atoms with van der Waals surface area (Å²) in [5, 5.41) is 4.59. The second kappa shape index (κ2) is 5.59. The zero-order valence-corrected chi connectivity index (χ0v) is 12.7. The van der Waals surface area contributed by atoms with Crippen LogP contribution < -0.4 is 0 Å². The quantitative estimate of drug-likeness (QED) is 0.850. The Morgan fingerprint density at radius 2 is 2.13 bits per heavy atom. The number of aromatic nitrogens is 1. The summed E-state index contributed by atoms with van der Waals surface area (Å²) in [5.74, 6) is -0.581. The molecule has 0 aromatic carbocycles. The average molecular weight is 326 g/mol. The number of carbonyl (C=O) groups excluding carboxylic acids is 1. The van der Waals surface area contributed by atoms with Crippen molar-refractivity contribution in [2.45, 2.75) is 19.0 Å². The molecule has 3 rings (SSSR count). The second-order valence-corrected chi connectivity index (χ2v) is 6.09. The van der Waals surface area contributed by atoms with Crippen LogP contribution in [-0.4, -0.2) is 59.4 Å². The number of hydrogen-bond donors (Lipinski definition) is 0. The van der Waals surface area contributed by atoms with E-state index < -0.39 is 24.0 Å². The van der Waals surface area contributed by atoms with Crippen LogP contribution in [0.3, 0.4) is 0 Å². The van der Waals surface area contributed by atoms with Gasteiger partial charge in [-0.15, -0.1) is 0 Å². The molecular weight excluding hydrogens is 309 g/mol. The second-order valence-electron chi connectivity index (χ2n) is 6.09. The largest absolute Gasteiger partial charge is 0.408 e. The Balaban J connectivity index is 1.93. The number of hydrogen-bond acceptors (Lipinski definition) is 4. The van der Waals surface area contributed by atoms with Gasteiger partial charge in [-0.1, -0.05) is 6.07 Å². The highest BCUT2D eigenvalue weighted by Crippen LogP contribution is 2.38.